The van der Waals surface area contributed by atoms with Crippen molar-refractivity contribution >= 4 is 11.6 Å². The van der Waals surface area contributed by atoms with E-state index in [1.54, 1.807) is 7.11 Å². The van der Waals surface area contributed by atoms with Crippen LogP contribution in [-0.4, -0.2) is 25.6 Å². The van der Waals surface area contributed by atoms with Gasteiger partial charge in [0.1, 0.15) is 0 Å². The second-order valence-corrected chi connectivity index (χ2v) is 4.54. The van der Waals surface area contributed by atoms with Crippen molar-refractivity contribution in [2.75, 3.05) is 19.0 Å². The van der Waals surface area contributed by atoms with Crippen LogP contribution in [0.15, 0.2) is 24.3 Å². The normalized spacial score (nSPS) is 10.7. The average molecular weight is 250 g/mol. The molecule has 1 aromatic carbocycles. The molecule has 0 fully saturated rings. The van der Waals surface area contributed by atoms with E-state index in [0.717, 1.165) is 11.3 Å². The van der Waals surface area contributed by atoms with Gasteiger partial charge in [-0.2, -0.15) is 0 Å². The van der Waals surface area contributed by atoms with E-state index in [0.29, 0.717) is 25.6 Å². The van der Waals surface area contributed by atoms with Crippen molar-refractivity contribution < 1.29 is 9.53 Å². The van der Waals surface area contributed by atoms with Crippen molar-refractivity contribution in [3.8, 4) is 0 Å². The molecule has 100 valence electrons. The minimum absolute atomic E-state index is 0.0302. The Bertz CT molecular complexity index is 361. The number of nitrogens with one attached hydrogen (secondary N) is 2. The Morgan fingerprint density at radius 3 is 2.50 bits per heavy atom. The molecule has 0 atom stereocenters. The van der Waals surface area contributed by atoms with Crippen LogP contribution in [0.3, 0.4) is 0 Å². The monoisotopic (exact) mass is 250 g/mol. The Hall–Kier alpha value is -1.39. The zero-order chi connectivity index (χ0) is 13.4. The molecule has 1 amide bonds. The molecule has 0 unspecified atom stereocenters. The summed E-state index contributed by atoms with van der Waals surface area (Å²) in [5.74, 6) is 0.0302. The van der Waals surface area contributed by atoms with Crippen molar-refractivity contribution in [1.29, 1.82) is 0 Å². The summed E-state index contributed by atoms with van der Waals surface area (Å²) in [6.07, 6.45) is 0.484. The van der Waals surface area contributed by atoms with Crippen LogP contribution >= 0.6 is 0 Å². The molecule has 0 saturated heterocycles. The molecule has 0 aromatic heterocycles. The first-order valence-corrected chi connectivity index (χ1v) is 6.23. The van der Waals surface area contributed by atoms with Crippen LogP contribution in [0.1, 0.15) is 25.8 Å². The van der Waals surface area contributed by atoms with Gasteiger partial charge >= 0.3 is 0 Å². The first-order chi connectivity index (χ1) is 8.61. The lowest BCUT2D eigenvalue weighted by Crippen LogP contribution is -2.27. The zero-order valence-corrected chi connectivity index (χ0v) is 11.3. The van der Waals surface area contributed by atoms with E-state index in [1.165, 1.54) is 0 Å². The number of anilines is 1. The lowest BCUT2D eigenvalue weighted by molar-refractivity contribution is -0.116. The molecule has 0 heterocycles. The Morgan fingerprint density at radius 1 is 1.28 bits per heavy atom. The summed E-state index contributed by atoms with van der Waals surface area (Å²) in [6.45, 7) is 5.41. The molecule has 0 saturated carbocycles. The van der Waals surface area contributed by atoms with Gasteiger partial charge in [-0.1, -0.05) is 26.0 Å². The second-order valence-electron chi connectivity index (χ2n) is 4.54. The van der Waals surface area contributed by atoms with Crippen molar-refractivity contribution in [1.82, 2.24) is 5.32 Å². The number of ether oxygens (including phenoxy) is 1. The fourth-order valence-electron chi connectivity index (χ4n) is 1.55. The fourth-order valence-corrected chi connectivity index (χ4v) is 1.55. The SMILES string of the molecule is COCc1ccc(NC(=O)CCNC(C)C)cc1. The van der Waals surface area contributed by atoms with E-state index in [2.05, 4.69) is 24.5 Å². The molecule has 1 aromatic rings. The number of carbonyl (C=O) groups is 1. The molecular weight excluding hydrogens is 228 g/mol. The van der Waals surface area contributed by atoms with Crippen molar-refractivity contribution in [2.24, 2.45) is 0 Å². The highest BCUT2D eigenvalue weighted by atomic mass is 16.5. The second kappa shape index (κ2) is 7.84. The highest BCUT2D eigenvalue weighted by Gasteiger charge is 2.02. The Balaban J connectivity index is 2.35. The summed E-state index contributed by atoms with van der Waals surface area (Å²) >= 11 is 0. The summed E-state index contributed by atoms with van der Waals surface area (Å²) in [5, 5.41) is 6.08. The van der Waals surface area contributed by atoms with Crippen LogP contribution in [0.4, 0.5) is 5.69 Å². The lowest BCUT2D eigenvalue weighted by atomic mass is 10.2. The molecule has 0 aliphatic heterocycles. The van der Waals surface area contributed by atoms with Crippen molar-refractivity contribution in [3.05, 3.63) is 29.8 Å². The van der Waals surface area contributed by atoms with Gasteiger partial charge in [-0.15, -0.1) is 0 Å². The van der Waals surface area contributed by atoms with Gasteiger partial charge in [-0.25, -0.2) is 0 Å². The summed E-state index contributed by atoms with van der Waals surface area (Å²) in [4.78, 5) is 11.6. The van der Waals surface area contributed by atoms with Gasteiger partial charge in [0.15, 0.2) is 0 Å². The van der Waals surface area contributed by atoms with Gasteiger partial charge in [-0.05, 0) is 17.7 Å². The molecule has 0 aliphatic carbocycles. The minimum atomic E-state index is 0.0302. The smallest absolute Gasteiger partial charge is 0.225 e. The molecule has 4 nitrogen and oxygen atoms in total. The third kappa shape index (κ3) is 5.80. The molecular formula is C14H22N2O2. The number of carbonyl (C=O) groups excluding carboxylic acids is 1. The quantitative estimate of drug-likeness (QED) is 0.779. The molecule has 0 aliphatic rings. The van der Waals surface area contributed by atoms with E-state index < -0.39 is 0 Å². The average Bonchev–Trinajstić information content (AvgIpc) is 2.31. The molecule has 18 heavy (non-hydrogen) atoms. The Morgan fingerprint density at radius 2 is 1.94 bits per heavy atom. The van der Waals surface area contributed by atoms with Crippen molar-refractivity contribution in [2.45, 2.75) is 32.9 Å². The van der Waals surface area contributed by atoms with Gasteiger partial charge in [0.05, 0.1) is 6.61 Å². The first kappa shape index (κ1) is 14.7. The summed E-state index contributed by atoms with van der Waals surface area (Å²) in [6, 6.07) is 8.09. The van der Waals surface area contributed by atoms with E-state index in [-0.39, 0.29) is 5.91 Å². The third-order valence-electron chi connectivity index (χ3n) is 2.45. The van der Waals surface area contributed by atoms with Crippen LogP contribution < -0.4 is 10.6 Å². The highest BCUT2D eigenvalue weighted by molar-refractivity contribution is 5.90. The number of hydrogen-bond acceptors (Lipinski definition) is 3. The zero-order valence-electron chi connectivity index (χ0n) is 11.3. The van der Waals surface area contributed by atoms with Gasteiger partial charge in [0, 0.05) is 31.8 Å². The number of amides is 1. The Labute approximate surface area is 109 Å². The number of rotatable bonds is 7. The topological polar surface area (TPSA) is 50.4 Å². The van der Waals surface area contributed by atoms with E-state index in [1.807, 2.05) is 24.3 Å². The third-order valence-corrected chi connectivity index (χ3v) is 2.45. The molecule has 0 bridgehead atoms. The maximum absolute atomic E-state index is 11.6. The number of hydrogen-bond donors (Lipinski definition) is 2. The number of benzene rings is 1. The molecule has 1 rings (SSSR count). The van der Waals surface area contributed by atoms with E-state index in [9.17, 15) is 4.79 Å². The standard InChI is InChI=1S/C14H22N2O2/c1-11(2)15-9-8-14(17)16-13-6-4-12(5-7-13)10-18-3/h4-7,11,15H,8-10H2,1-3H3,(H,16,17). The van der Waals surface area contributed by atoms with E-state index >= 15 is 0 Å². The molecule has 0 spiro atoms. The molecule has 0 radical (unpaired) electrons. The Kier molecular flexibility index (Phi) is 6.39. The van der Waals surface area contributed by atoms with Crippen LogP contribution in [-0.2, 0) is 16.1 Å². The lowest BCUT2D eigenvalue weighted by Gasteiger charge is -2.09. The van der Waals surface area contributed by atoms with Gasteiger partial charge < -0.3 is 15.4 Å². The predicted molar refractivity (Wildman–Crippen MR) is 73.5 cm³/mol. The predicted octanol–water partition coefficient (Wildman–Crippen LogP) is 2.16. The number of methoxy groups -OCH3 is 1. The van der Waals surface area contributed by atoms with Crippen LogP contribution in [0.2, 0.25) is 0 Å². The summed E-state index contributed by atoms with van der Waals surface area (Å²) in [7, 11) is 1.66. The molecule has 4 heteroatoms. The summed E-state index contributed by atoms with van der Waals surface area (Å²) in [5.41, 5.74) is 1.92. The van der Waals surface area contributed by atoms with Crippen LogP contribution in [0, 0.1) is 0 Å². The van der Waals surface area contributed by atoms with Crippen LogP contribution in [0.5, 0.6) is 0 Å². The largest absolute Gasteiger partial charge is 0.380 e. The highest BCUT2D eigenvalue weighted by Crippen LogP contribution is 2.10. The van der Waals surface area contributed by atoms with Crippen LogP contribution in [0.25, 0.3) is 0 Å². The first-order valence-electron chi connectivity index (χ1n) is 6.23. The van der Waals surface area contributed by atoms with E-state index in [4.69, 9.17) is 4.74 Å². The van der Waals surface area contributed by atoms with Gasteiger partial charge in [-0.3, -0.25) is 4.79 Å². The fraction of sp³-hybridized carbons (Fsp3) is 0.500. The minimum Gasteiger partial charge on any atom is -0.380 e. The maximum atomic E-state index is 11.6. The van der Waals surface area contributed by atoms with Gasteiger partial charge in [0.2, 0.25) is 5.91 Å². The summed E-state index contributed by atoms with van der Waals surface area (Å²) < 4.78 is 5.03. The van der Waals surface area contributed by atoms with Crippen molar-refractivity contribution in [3.63, 3.8) is 0 Å². The molecule has 2 N–H and O–H groups in total. The maximum Gasteiger partial charge on any atom is 0.225 e. The van der Waals surface area contributed by atoms with Gasteiger partial charge in [0.25, 0.3) is 0 Å².